The molecule has 1 aliphatic rings. The summed E-state index contributed by atoms with van der Waals surface area (Å²) in [5.41, 5.74) is 0. The smallest absolute Gasteiger partial charge is 0.0874 e. The monoisotopic (exact) mass is 179 g/mol. The Hall–Kier alpha value is 0.370. The van der Waals surface area contributed by atoms with Crippen LogP contribution >= 0.6 is 27.7 Å². The third-order valence-corrected chi connectivity index (χ3v) is 2.88. The molecular weight excluding hydrogens is 174 g/mol. The van der Waals surface area contributed by atoms with E-state index < -0.39 is 0 Å². The Morgan fingerprint density at radius 1 is 2.00 bits per heavy atom. The van der Waals surface area contributed by atoms with E-state index in [0.29, 0.717) is 0 Å². The highest BCUT2D eigenvalue weighted by Crippen LogP contribution is 2.24. The summed E-state index contributed by atoms with van der Waals surface area (Å²) in [5.74, 6) is 1.08. The lowest BCUT2D eigenvalue weighted by atomic mass is 10.9. The van der Waals surface area contributed by atoms with Gasteiger partial charge in [0.25, 0.3) is 0 Å². The van der Waals surface area contributed by atoms with Gasteiger partial charge in [0.2, 0.25) is 0 Å². The molecule has 0 aromatic heterocycles. The summed E-state index contributed by atoms with van der Waals surface area (Å²) < 4.78 is 1.19. The van der Waals surface area contributed by atoms with E-state index in [1.807, 2.05) is 11.8 Å². The summed E-state index contributed by atoms with van der Waals surface area (Å²) in [6, 6.07) is 0. The van der Waals surface area contributed by atoms with Crippen LogP contribution in [0.5, 0.6) is 0 Å². The Morgan fingerprint density at radius 2 is 2.71 bits per heavy atom. The fraction of sp³-hybridized carbons (Fsp3) is 0.500. The quantitative estimate of drug-likeness (QED) is 0.523. The number of halogens is 1. The predicted molar refractivity (Wildman–Crippen MR) is 37.2 cm³/mol. The highest BCUT2D eigenvalue weighted by atomic mass is 79.9. The van der Waals surface area contributed by atoms with Crippen LogP contribution in [0.15, 0.2) is 10.0 Å². The summed E-state index contributed by atoms with van der Waals surface area (Å²) in [7, 11) is 2.06. The Kier molecular flexibility index (Phi) is 1.65. The molecule has 3 heteroatoms. The van der Waals surface area contributed by atoms with Crippen molar-refractivity contribution in [3.63, 3.8) is 0 Å². The number of nitrogens with zero attached hydrogens (tertiary/aromatic N) is 1. The lowest BCUT2D eigenvalue weighted by molar-refractivity contribution is 0.542. The van der Waals surface area contributed by atoms with Crippen molar-refractivity contribution >= 4 is 27.7 Å². The van der Waals surface area contributed by atoms with E-state index in [4.69, 9.17) is 0 Å². The molecule has 0 aromatic carbocycles. The lowest BCUT2D eigenvalue weighted by Crippen LogP contribution is -2.07. The first kappa shape index (κ1) is 5.51. The van der Waals surface area contributed by atoms with E-state index in [0.717, 1.165) is 5.88 Å². The topological polar surface area (TPSA) is 3.24 Å². The molecule has 0 aromatic rings. The molecule has 0 saturated heterocycles. The van der Waals surface area contributed by atoms with Crippen LogP contribution in [-0.2, 0) is 0 Å². The molecule has 1 rings (SSSR count). The van der Waals surface area contributed by atoms with E-state index in [1.165, 1.54) is 4.61 Å². The Bertz CT molecular complexity index is 102. The molecule has 0 radical (unpaired) electrons. The molecule has 1 heterocycles. The molecule has 1 aliphatic heterocycles. The second kappa shape index (κ2) is 2.09. The van der Waals surface area contributed by atoms with Crippen LogP contribution in [0.2, 0.25) is 0 Å². The fourth-order valence-electron chi connectivity index (χ4n) is 0.369. The maximum absolute atomic E-state index is 3.37. The van der Waals surface area contributed by atoms with Crippen molar-refractivity contribution in [2.45, 2.75) is 0 Å². The molecule has 40 valence electrons. The largest absolute Gasteiger partial charge is 0.359 e. The van der Waals surface area contributed by atoms with E-state index in [1.54, 1.807) is 0 Å². The third-order valence-electron chi connectivity index (χ3n) is 0.813. The fourth-order valence-corrected chi connectivity index (χ4v) is 1.81. The maximum atomic E-state index is 3.37. The van der Waals surface area contributed by atoms with Crippen molar-refractivity contribution in [3.8, 4) is 0 Å². The average molecular weight is 180 g/mol. The predicted octanol–water partition coefficient (Wildman–Crippen LogP) is 1.82. The first-order valence-corrected chi connectivity index (χ1v) is 3.83. The van der Waals surface area contributed by atoms with Crippen LogP contribution in [-0.4, -0.2) is 17.8 Å². The van der Waals surface area contributed by atoms with Crippen LogP contribution in [0, 0.1) is 0 Å². The van der Waals surface area contributed by atoms with Crippen molar-refractivity contribution in [1.82, 2.24) is 4.90 Å². The Morgan fingerprint density at radius 3 is 2.86 bits per heavy atom. The van der Waals surface area contributed by atoms with Gasteiger partial charge >= 0.3 is 0 Å². The van der Waals surface area contributed by atoms with Gasteiger partial charge < -0.3 is 4.90 Å². The molecule has 1 nitrogen and oxygen atoms in total. The minimum absolute atomic E-state index is 1.08. The molecule has 0 atom stereocenters. The zero-order valence-electron chi connectivity index (χ0n) is 4.02. The molecule has 0 unspecified atom stereocenters. The molecular formula is C4H6BrNS. The van der Waals surface area contributed by atoms with Gasteiger partial charge in [-0.05, 0) is 15.9 Å². The molecule has 0 fully saturated rings. The molecule has 0 bridgehead atoms. The normalized spacial score (nSPS) is 20.3. The van der Waals surface area contributed by atoms with Crippen LogP contribution in [0.1, 0.15) is 0 Å². The van der Waals surface area contributed by atoms with Gasteiger partial charge in [-0.3, -0.25) is 0 Å². The van der Waals surface area contributed by atoms with Gasteiger partial charge in [0, 0.05) is 12.5 Å². The summed E-state index contributed by atoms with van der Waals surface area (Å²) in [5, 5.41) is 2.10. The number of thioether (sulfide) groups is 1. The van der Waals surface area contributed by atoms with Crippen molar-refractivity contribution < 1.29 is 0 Å². The Labute approximate surface area is 55.9 Å². The molecule has 0 spiro atoms. The zero-order valence-corrected chi connectivity index (χ0v) is 6.42. The van der Waals surface area contributed by atoms with Crippen molar-refractivity contribution in [2.75, 3.05) is 12.9 Å². The SMILES string of the molecule is CN1CSC=C1Br. The van der Waals surface area contributed by atoms with Gasteiger partial charge in [-0.2, -0.15) is 0 Å². The van der Waals surface area contributed by atoms with Gasteiger partial charge in [-0.25, -0.2) is 0 Å². The minimum Gasteiger partial charge on any atom is -0.359 e. The summed E-state index contributed by atoms with van der Waals surface area (Å²) in [6.45, 7) is 0. The third kappa shape index (κ3) is 1.13. The van der Waals surface area contributed by atoms with Crippen LogP contribution in [0.4, 0.5) is 0 Å². The van der Waals surface area contributed by atoms with Crippen LogP contribution in [0.25, 0.3) is 0 Å². The molecule has 0 amide bonds. The van der Waals surface area contributed by atoms with Crippen molar-refractivity contribution in [3.05, 3.63) is 10.0 Å². The molecule has 7 heavy (non-hydrogen) atoms. The zero-order chi connectivity index (χ0) is 5.28. The van der Waals surface area contributed by atoms with Crippen molar-refractivity contribution in [2.24, 2.45) is 0 Å². The standard InChI is InChI=1S/C4H6BrNS/c1-6-3-7-2-4(6)5/h2H,3H2,1H3. The van der Waals surface area contributed by atoms with Crippen LogP contribution in [0.3, 0.4) is 0 Å². The van der Waals surface area contributed by atoms with Crippen LogP contribution < -0.4 is 0 Å². The summed E-state index contributed by atoms with van der Waals surface area (Å²) >= 11 is 5.18. The van der Waals surface area contributed by atoms with Gasteiger partial charge in [0.15, 0.2) is 0 Å². The van der Waals surface area contributed by atoms with E-state index in [-0.39, 0.29) is 0 Å². The molecule has 0 N–H and O–H groups in total. The highest BCUT2D eigenvalue weighted by molar-refractivity contribution is 9.11. The number of hydrogen-bond donors (Lipinski definition) is 0. The summed E-state index contributed by atoms with van der Waals surface area (Å²) in [6.07, 6.45) is 0. The average Bonchev–Trinajstić information content (AvgIpc) is 1.91. The van der Waals surface area contributed by atoms with E-state index in [2.05, 4.69) is 33.3 Å². The Balaban J connectivity index is 2.54. The first-order valence-electron chi connectivity index (χ1n) is 1.99. The molecule has 0 saturated carbocycles. The second-order valence-electron chi connectivity index (χ2n) is 1.43. The molecule has 0 aliphatic carbocycles. The van der Waals surface area contributed by atoms with Gasteiger partial charge in [0.1, 0.15) is 0 Å². The number of hydrogen-bond acceptors (Lipinski definition) is 2. The number of rotatable bonds is 0. The lowest BCUT2D eigenvalue weighted by Gasteiger charge is -2.07. The van der Waals surface area contributed by atoms with E-state index >= 15 is 0 Å². The van der Waals surface area contributed by atoms with Gasteiger partial charge in [-0.1, -0.05) is 0 Å². The summed E-state index contributed by atoms with van der Waals surface area (Å²) in [4.78, 5) is 2.14. The minimum atomic E-state index is 1.08. The van der Waals surface area contributed by atoms with Gasteiger partial charge in [-0.15, -0.1) is 11.8 Å². The maximum Gasteiger partial charge on any atom is 0.0874 e. The van der Waals surface area contributed by atoms with Crippen molar-refractivity contribution in [1.29, 1.82) is 0 Å². The second-order valence-corrected chi connectivity index (χ2v) is 3.07. The van der Waals surface area contributed by atoms with E-state index in [9.17, 15) is 0 Å². The first-order chi connectivity index (χ1) is 3.30. The van der Waals surface area contributed by atoms with Gasteiger partial charge in [0.05, 0.1) is 10.5 Å². The highest BCUT2D eigenvalue weighted by Gasteiger charge is 2.05.